The van der Waals surface area contributed by atoms with Crippen molar-refractivity contribution in [3.8, 4) is 5.75 Å². The second-order valence-corrected chi connectivity index (χ2v) is 4.09. The molecule has 0 aliphatic carbocycles. The van der Waals surface area contributed by atoms with Gasteiger partial charge in [0.25, 0.3) is 0 Å². The molecule has 0 aliphatic rings. The standard InChI is InChI=1S/C11H15ClF2N2O/c1-16(5-4-15)7-8-6-9(12)2-3-10(8)17-11(13)14/h2-3,6,11H,4-5,7,15H2,1H3. The summed E-state index contributed by atoms with van der Waals surface area (Å²) in [7, 11) is 1.85. The number of alkyl halides is 2. The van der Waals surface area contributed by atoms with Crippen molar-refractivity contribution < 1.29 is 13.5 Å². The zero-order chi connectivity index (χ0) is 12.8. The van der Waals surface area contributed by atoms with Crippen molar-refractivity contribution in [2.45, 2.75) is 13.2 Å². The maximum absolute atomic E-state index is 12.2. The lowest BCUT2D eigenvalue weighted by atomic mass is 10.2. The van der Waals surface area contributed by atoms with Gasteiger partial charge in [0.1, 0.15) is 5.75 Å². The monoisotopic (exact) mass is 264 g/mol. The van der Waals surface area contributed by atoms with Crippen LogP contribution in [0.4, 0.5) is 8.78 Å². The number of nitrogens with two attached hydrogens (primary N) is 1. The van der Waals surface area contributed by atoms with Gasteiger partial charge in [0.15, 0.2) is 0 Å². The molecular weight excluding hydrogens is 250 g/mol. The van der Waals surface area contributed by atoms with E-state index in [2.05, 4.69) is 4.74 Å². The van der Waals surface area contributed by atoms with E-state index in [0.717, 1.165) is 0 Å². The molecule has 0 saturated carbocycles. The molecule has 0 radical (unpaired) electrons. The minimum Gasteiger partial charge on any atom is -0.434 e. The van der Waals surface area contributed by atoms with Crippen LogP contribution >= 0.6 is 11.6 Å². The molecule has 0 amide bonds. The Labute approximate surface area is 104 Å². The van der Waals surface area contributed by atoms with Gasteiger partial charge in [-0.05, 0) is 25.2 Å². The maximum Gasteiger partial charge on any atom is 0.387 e. The van der Waals surface area contributed by atoms with Crippen LogP contribution in [0.2, 0.25) is 5.02 Å². The molecule has 0 bridgehead atoms. The highest BCUT2D eigenvalue weighted by Crippen LogP contribution is 2.25. The zero-order valence-corrected chi connectivity index (χ0v) is 10.3. The lowest BCUT2D eigenvalue weighted by molar-refractivity contribution is -0.0507. The summed E-state index contributed by atoms with van der Waals surface area (Å²) >= 11 is 5.83. The van der Waals surface area contributed by atoms with E-state index in [1.165, 1.54) is 12.1 Å². The molecule has 96 valence electrons. The van der Waals surface area contributed by atoms with Gasteiger partial charge in [0.05, 0.1) is 0 Å². The Bertz CT molecular complexity index is 363. The normalized spacial score (nSPS) is 11.2. The molecule has 2 N–H and O–H groups in total. The fraction of sp³-hybridized carbons (Fsp3) is 0.455. The lowest BCUT2D eigenvalue weighted by Crippen LogP contribution is -2.25. The van der Waals surface area contributed by atoms with Crippen LogP contribution in [-0.2, 0) is 6.54 Å². The summed E-state index contributed by atoms with van der Waals surface area (Å²) in [5, 5.41) is 0.489. The Morgan fingerprint density at radius 1 is 1.47 bits per heavy atom. The van der Waals surface area contributed by atoms with Crippen LogP contribution in [0.3, 0.4) is 0 Å². The maximum atomic E-state index is 12.2. The minimum absolute atomic E-state index is 0.147. The fourth-order valence-corrected chi connectivity index (χ4v) is 1.67. The first-order chi connectivity index (χ1) is 8.02. The van der Waals surface area contributed by atoms with Crippen LogP contribution in [0.25, 0.3) is 0 Å². The van der Waals surface area contributed by atoms with Gasteiger partial charge in [-0.15, -0.1) is 0 Å². The number of likely N-dealkylation sites (N-methyl/N-ethyl adjacent to an activating group) is 1. The number of hydrogen-bond acceptors (Lipinski definition) is 3. The number of halogens is 3. The molecule has 0 saturated heterocycles. The molecule has 3 nitrogen and oxygen atoms in total. The predicted octanol–water partition coefficient (Wildman–Crippen LogP) is 2.33. The van der Waals surface area contributed by atoms with E-state index in [-0.39, 0.29) is 5.75 Å². The van der Waals surface area contributed by atoms with E-state index in [0.29, 0.717) is 30.2 Å². The van der Waals surface area contributed by atoms with E-state index >= 15 is 0 Å². The molecule has 0 atom stereocenters. The summed E-state index contributed by atoms with van der Waals surface area (Å²) in [4.78, 5) is 1.91. The highest BCUT2D eigenvalue weighted by molar-refractivity contribution is 6.30. The molecule has 17 heavy (non-hydrogen) atoms. The van der Waals surface area contributed by atoms with Crippen LogP contribution in [0, 0.1) is 0 Å². The van der Waals surface area contributed by atoms with E-state index in [4.69, 9.17) is 17.3 Å². The molecule has 0 fully saturated rings. The minimum atomic E-state index is -2.84. The smallest absolute Gasteiger partial charge is 0.387 e. The molecule has 1 rings (SSSR count). The first-order valence-corrected chi connectivity index (χ1v) is 5.52. The Hall–Kier alpha value is -0.910. The van der Waals surface area contributed by atoms with Crippen LogP contribution in [0.1, 0.15) is 5.56 Å². The quantitative estimate of drug-likeness (QED) is 0.857. The second-order valence-electron chi connectivity index (χ2n) is 3.66. The number of benzene rings is 1. The topological polar surface area (TPSA) is 38.5 Å². The van der Waals surface area contributed by atoms with Gasteiger partial charge in [-0.2, -0.15) is 8.78 Å². The molecule has 1 aromatic carbocycles. The van der Waals surface area contributed by atoms with Crippen molar-refractivity contribution >= 4 is 11.6 Å². The predicted molar refractivity (Wildman–Crippen MR) is 63.5 cm³/mol. The van der Waals surface area contributed by atoms with E-state index in [9.17, 15) is 8.78 Å². The fourth-order valence-electron chi connectivity index (χ4n) is 1.47. The molecule has 0 heterocycles. The van der Waals surface area contributed by atoms with Crippen LogP contribution in [0.15, 0.2) is 18.2 Å². The molecule has 0 unspecified atom stereocenters. The SMILES string of the molecule is CN(CCN)Cc1cc(Cl)ccc1OC(F)F. The summed E-state index contributed by atoms with van der Waals surface area (Å²) in [6, 6.07) is 4.58. The largest absolute Gasteiger partial charge is 0.434 e. The summed E-state index contributed by atoms with van der Waals surface area (Å²) < 4.78 is 28.8. The van der Waals surface area contributed by atoms with Gasteiger partial charge in [0.2, 0.25) is 0 Å². The number of ether oxygens (including phenoxy) is 1. The molecule has 0 aromatic heterocycles. The van der Waals surface area contributed by atoms with E-state index in [1.807, 2.05) is 11.9 Å². The summed E-state index contributed by atoms with van der Waals surface area (Å²) in [5.74, 6) is 0.147. The van der Waals surface area contributed by atoms with Gasteiger partial charge in [0, 0.05) is 30.2 Å². The number of rotatable bonds is 6. The molecule has 0 spiro atoms. The second kappa shape index (κ2) is 6.74. The third kappa shape index (κ3) is 4.85. The molecule has 6 heteroatoms. The number of nitrogens with zero attached hydrogens (tertiary/aromatic N) is 1. The van der Waals surface area contributed by atoms with Gasteiger partial charge in [-0.25, -0.2) is 0 Å². The van der Waals surface area contributed by atoms with E-state index in [1.54, 1.807) is 6.07 Å². The Morgan fingerprint density at radius 2 is 2.18 bits per heavy atom. The Balaban J connectivity index is 2.82. The summed E-state index contributed by atoms with van der Waals surface area (Å²) in [6.45, 7) is -1.21. The van der Waals surface area contributed by atoms with Crippen molar-refractivity contribution in [3.05, 3.63) is 28.8 Å². The molecule has 1 aromatic rings. The highest BCUT2D eigenvalue weighted by Gasteiger charge is 2.11. The Morgan fingerprint density at radius 3 is 2.76 bits per heavy atom. The first kappa shape index (κ1) is 14.2. The lowest BCUT2D eigenvalue weighted by Gasteiger charge is -2.18. The third-order valence-electron chi connectivity index (χ3n) is 2.19. The summed E-state index contributed by atoms with van der Waals surface area (Å²) in [6.07, 6.45) is 0. The van der Waals surface area contributed by atoms with Crippen molar-refractivity contribution in [2.75, 3.05) is 20.1 Å². The highest BCUT2D eigenvalue weighted by atomic mass is 35.5. The average Bonchev–Trinajstić information content (AvgIpc) is 2.22. The van der Waals surface area contributed by atoms with Crippen molar-refractivity contribution in [1.82, 2.24) is 4.90 Å². The first-order valence-electron chi connectivity index (χ1n) is 5.14. The van der Waals surface area contributed by atoms with Gasteiger partial charge < -0.3 is 15.4 Å². The van der Waals surface area contributed by atoms with Crippen LogP contribution in [0.5, 0.6) is 5.75 Å². The van der Waals surface area contributed by atoms with Gasteiger partial charge >= 0.3 is 6.61 Å². The zero-order valence-electron chi connectivity index (χ0n) is 9.50. The van der Waals surface area contributed by atoms with E-state index < -0.39 is 6.61 Å². The summed E-state index contributed by atoms with van der Waals surface area (Å²) in [5.41, 5.74) is 6.03. The van der Waals surface area contributed by atoms with Gasteiger partial charge in [-0.3, -0.25) is 0 Å². The average molecular weight is 265 g/mol. The van der Waals surface area contributed by atoms with Crippen LogP contribution < -0.4 is 10.5 Å². The van der Waals surface area contributed by atoms with Crippen molar-refractivity contribution in [1.29, 1.82) is 0 Å². The third-order valence-corrected chi connectivity index (χ3v) is 2.42. The van der Waals surface area contributed by atoms with Gasteiger partial charge in [-0.1, -0.05) is 11.6 Å². The van der Waals surface area contributed by atoms with Crippen LogP contribution in [-0.4, -0.2) is 31.6 Å². The Kier molecular flexibility index (Phi) is 5.61. The molecule has 0 aliphatic heterocycles. The molecular formula is C11H15ClF2N2O. The van der Waals surface area contributed by atoms with Crippen molar-refractivity contribution in [3.63, 3.8) is 0 Å². The number of hydrogen-bond donors (Lipinski definition) is 1. The van der Waals surface area contributed by atoms with Crippen molar-refractivity contribution in [2.24, 2.45) is 5.73 Å².